The summed E-state index contributed by atoms with van der Waals surface area (Å²) in [5, 5.41) is 18.3. The Hall–Kier alpha value is -1.75. The van der Waals surface area contributed by atoms with Crippen molar-refractivity contribution >= 4 is 29.2 Å². The van der Waals surface area contributed by atoms with E-state index < -0.39 is 5.97 Å². The van der Waals surface area contributed by atoms with Crippen LogP contribution in [0.2, 0.25) is 0 Å². The Kier molecular flexibility index (Phi) is 3.43. The Morgan fingerprint density at radius 1 is 1.50 bits per heavy atom. The SMILES string of the molecule is O=C(O)c1cc(N2CC(CCl)CC2=O)ccc1O. The van der Waals surface area contributed by atoms with Gasteiger partial charge in [-0.2, -0.15) is 0 Å². The molecule has 1 amide bonds. The van der Waals surface area contributed by atoms with Gasteiger partial charge in [-0.05, 0) is 24.1 Å². The zero-order valence-corrected chi connectivity index (χ0v) is 10.2. The van der Waals surface area contributed by atoms with Crippen molar-refractivity contribution in [3.63, 3.8) is 0 Å². The number of aromatic carboxylic acids is 1. The third-order valence-electron chi connectivity index (χ3n) is 2.95. The molecule has 1 aromatic rings. The summed E-state index contributed by atoms with van der Waals surface area (Å²) in [6, 6.07) is 4.10. The molecule has 0 aromatic heterocycles. The minimum absolute atomic E-state index is 0.0809. The third-order valence-corrected chi connectivity index (χ3v) is 3.38. The van der Waals surface area contributed by atoms with E-state index in [4.69, 9.17) is 16.7 Å². The van der Waals surface area contributed by atoms with E-state index in [0.29, 0.717) is 24.5 Å². The molecule has 1 heterocycles. The molecule has 2 N–H and O–H groups in total. The monoisotopic (exact) mass is 269 g/mol. The highest BCUT2D eigenvalue weighted by Crippen LogP contribution is 2.29. The van der Waals surface area contributed by atoms with E-state index in [1.165, 1.54) is 23.1 Å². The van der Waals surface area contributed by atoms with Gasteiger partial charge in [-0.3, -0.25) is 4.79 Å². The van der Waals surface area contributed by atoms with Crippen LogP contribution < -0.4 is 4.90 Å². The van der Waals surface area contributed by atoms with Crippen molar-refractivity contribution in [2.24, 2.45) is 5.92 Å². The molecule has 6 heteroatoms. The van der Waals surface area contributed by atoms with Crippen LogP contribution >= 0.6 is 11.6 Å². The number of carboxylic acid groups (broad SMARTS) is 1. The van der Waals surface area contributed by atoms with Crippen molar-refractivity contribution in [3.05, 3.63) is 23.8 Å². The van der Waals surface area contributed by atoms with Crippen LogP contribution in [0.5, 0.6) is 5.75 Å². The van der Waals surface area contributed by atoms with Crippen molar-refractivity contribution in [1.29, 1.82) is 0 Å². The molecule has 96 valence electrons. The summed E-state index contributed by atoms with van der Waals surface area (Å²) >= 11 is 5.72. The normalized spacial score (nSPS) is 19.3. The summed E-state index contributed by atoms with van der Waals surface area (Å²) < 4.78 is 0. The van der Waals surface area contributed by atoms with E-state index in [-0.39, 0.29) is 23.1 Å². The number of aromatic hydroxyl groups is 1. The number of alkyl halides is 1. The molecule has 1 atom stereocenters. The lowest BCUT2D eigenvalue weighted by molar-refractivity contribution is -0.117. The fraction of sp³-hybridized carbons (Fsp3) is 0.333. The lowest BCUT2D eigenvalue weighted by Gasteiger charge is -2.17. The van der Waals surface area contributed by atoms with Gasteiger partial charge < -0.3 is 15.1 Å². The van der Waals surface area contributed by atoms with Crippen LogP contribution in [0.25, 0.3) is 0 Å². The molecular weight excluding hydrogens is 258 g/mol. The maximum absolute atomic E-state index is 11.8. The van der Waals surface area contributed by atoms with Gasteiger partial charge in [0, 0.05) is 24.5 Å². The van der Waals surface area contributed by atoms with E-state index in [2.05, 4.69) is 0 Å². The average Bonchev–Trinajstić information content (AvgIpc) is 2.71. The molecule has 18 heavy (non-hydrogen) atoms. The van der Waals surface area contributed by atoms with Gasteiger partial charge in [-0.15, -0.1) is 11.6 Å². The summed E-state index contributed by atoms with van der Waals surface area (Å²) in [4.78, 5) is 24.2. The Labute approximate surface area is 109 Å². The molecule has 1 fully saturated rings. The largest absolute Gasteiger partial charge is 0.507 e. The number of benzene rings is 1. The maximum atomic E-state index is 11.8. The van der Waals surface area contributed by atoms with Crippen molar-refractivity contribution in [2.75, 3.05) is 17.3 Å². The lowest BCUT2D eigenvalue weighted by atomic mass is 10.1. The first-order valence-electron chi connectivity index (χ1n) is 5.45. The molecule has 0 radical (unpaired) electrons. The van der Waals surface area contributed by atoms with Crippen LogP contribution in [0.4, 0.5) is 5.69 Å². The van der Waals surface area contributed by atoms with Gasteiger partial charge in [0.2, 0.25) is 5.91 Å². The minimum atomic E-state index is -1.23. The second kappa shape index (κ2) is 4.86. The number of hydrogen-bond acceptors (Lipinski definition) is 3. The average molecular weight is 270 g/mol. The number of carbonyl (C=O) groups is 2. The quantitative estimate of drug-likeness (QED) is 0.819. The van der Waals surface area contributed by atoms with Gasteiger partial charge in [-0.1, -0.05) is 0 Å². The number of carbonyl (C=O) groups excluding carboxylic acids is 1. The summed E-state index contributed by atoms with van der Waals surface area (Å²) in [5.74, 6) is -1.14. The zero-order chi connectivity index (χ0) is 13.3. The Morgan fingerprint density at radius 3 is 2.78 bits per heavy atom. The number of amides is 1. The number of carboxylic acids is 1. The van der Waals surface area contributed by atoms with Gasteiger partial charge in [0.1, 0.15) is 11.3 Å². The first-order chi connectivity index (χ1) is 8.52. The second-order valence-electron chi connectivity index (χ2n) is 4.24. The van der Waals surface area contributed by atoms with E-state index in [1.807, 2.05) is 0 Å². The molecule has 1 aliphatic heterocycles. The highest BCUT2D eigenvalue weighted by Gasteiger charge is 2.30. The minimum Gasteiger partial charge on any atom is -0.507 e. The number of anilines is 1. The Morgan fingerprint density at radius 2 is 2.22 bits per heavy atom. The fourth-order valence-electron chi connectivity index (χ4n) is 2.00. The summed E-state index contributed by atoms with van der Waals surface area (Å²) in [6.07, 6.45) is 0.368. The second-order valence-corrected chi connectivity index (χ2v) is 4.54. The topological polar surface area (TPSA) is 77.8 Å². The van der Waals surface area contributed by atoms with Crippen molar-refractivity contribution in [1.82, 2.24) is 0 Å². The van der Waals surface area contributed by atoms with Crippen molar-refractivity contribution in [3.8, 4) is 5.75 Å². The molecule has 2 rings (SSSR count). The molecule has 1 aliphatic rings. The Bertz CT molecular complexity index is 503. The van der Waals surface area contributed by atoms with Crippen molar-refractivity contribution in [2.45, 2.75) is 6.42 Å². The van der Waals surface area contributed by atoms with Crippen LogP contribution in [-0.4, -0.2) is 34.5 Å². The first kappa shape index (κ1) is 12.7. The molecule has 1 saturated heterocycles. The highest BCUT2D eigenvalue weighted by atomic mass is 35.5. The Balaban J connectivity index is 2.32. The van der Waals surface area contributed by atoms with E-state index in [9.17, 15) is 14.7 Å². The van der Waals surface area contributed by atoms with Gasteiger partial charge in [-0.25, -0.2) is 4.79 Å². The molecule has 1 aromatic carbocycles. The molecule has 0 bridgehead atoms. The first-order valence-corrected chi connectivity index (χ1v) is 5.99. The zero-order valence-electron chi connectivity index (χ0n) is 9.47. The van der Waals surface area contributed by atoms with Crippen LogP contribution in [0, 0.1) is 5.92 Å². The van der Waals surface area contributed by atoms with Gasteiger partial charge in [0.05, 0.1) is 0 Å². The predicted molar refractivity (Wildman–Crippen MR) is 66.2 cm³/mol. The van der Waals surface area contributed by atoms with Crippen LogP contribution in [0.3, 0.4) is 0 Å². The van der Waals surface area contributed by atoms with Gasteiger partial charge in [0.15, 0.2) is 0 Å². The standard InChI is InChI=1S/C12H12ClNO4/c13-5-7-3-11(16)14(6-7)8-1-2-10(15)9(4-8)12(17)18/h1-2,4,7,15H,3,5-6H2,(H,17,18). The number of rotatable bonds is 3. The van der Waals surface area contributed by atoms with Crippen molar-refractivity contribution < 1.29 is 19.8 Å². The van der Waals surface area contributed by atoms with Crippen LogP contribution in [0.1, 0.15) is 16.8 Å². The number of nitrogens with zero attached hydrogens (tertiary/aromatic N) is 1. The summed E-state index contributed by atoms with van der Waals surface area (Å²) in [7, 11) is 0. The number of phenols is 1. The predicted octanol–water partition coefficient (Wildman–Crippen LogP) is 1.68. The lowest BCUT2D eigenvalue weighted by Crippen LogP contribution is -2.24. The smallest absolute Gasteiger partial charge is 0.339 e. The van der Waals surface area contributed by atoms with E-state index in [0.717, 1.165) is 0 Å². The number of halogens is 1. The fourth-order valence-corrected chi connectivity index (χ4v) is 2.20. The van der Waals surface area contributed by atoms with E-state index >= 15 is 0 Å². The molecule has 1 unspecified atom stereocenters. The molecule has 0 aliphatic carbocycles. The van der Waals surface area contributed by atoms with Crippen LogP contribution in [0.15, 0.2) is 18.2 Å². The summed E-state index contributed by atoms with van der Waals surface area (Å²) in [6.45, 7) is 0.478. The highest BCUT2D eigenvalue weighted by molar-refractivity contribution is 6.18. The molecule has 0 spiro atoms. The molecule has 0 saturated carbocycles. The summed E-state index contributed by atoms with van der Waals surface area (Å²) in [5.41, 5.74) is 0.262. The molecular formula is C12H12ClNO4. The molecule has 5 nitrogen and oxygen atoms in total. The number of hydrogen-bond donors (Lipinski definition) is 2. The van der Waals surface area contributed by atoms with Crippen LogP contribution in [-0.2, 0) is 4.79 Å². The third kappa shape index (κ3) is 2.26. The maximum Gasteiger partial charge on any atom is 0.339 e. The van der Waals surface area contributed by atoms with Gasteiger partial charge >= 0.3 is 5.97 Å². The van der Waals surface area contributed by atoms with E-state index in [1.54, 1.807) is 0 Å². The van der Waals surface area contributed by atoms with Gasteiger partial charge in [0.25, 0.3) is 0 Å².